The number of rotatable bonds is 3. The van der Waals surface area contributed by atoms with Crippen LogP contribution in [0.25, 0.3) is 0 Å². The van der Waals surface area contributed by atoms with Crippen molar-refractivity contribution in [2.45, 2.75) is 6.54 Å². The lowest BCUT2D eigenvalue weighted by atomic mass is 10.4. The molecule has 0 radical (unpaired) electrons. The molecule has 0 aromatic carbocycles. The van der Waals surface area contributed by atoms with E-state index in [4.69, 9.17) is 11.6 Å². The molecule has 6 heteroatoms. The number of halogens is 2. The standard InChI is InChI=1S/C9H7ClFN3S/c10-7-4-14-9(15-7)5-12-6-1-2-8(11)13-3-6/h1-4,12H,5H2. The monoisotopic (exact) mass is 243 g/mol. The lowest BCUT2D eigenvalue weighted by Gasteiger charge is -2.02. The fourth-order valence-electron chi connectivity index (χ4n) is 1.03. The molecule has 0 bridgehead atoms. The van der Waals surface area contributed by atoms with Gasteiger partial charge in [-0.2, -0.15) is 4.39 Å². The molecule has 2 heterocycles. The molecule has 0 saturated heterocycles. The Morgan fingerprint density at radius 2 is 2.20 bits per heavy atom. The summed E-state index contributed by atoms with van der Waals surface area (Å²) in [7, 11) is 0. The van der Waals surface area contributed by atoms with E-state index in [-0.39, 0.29) is 0 Å². The lowest BCUT2D eigenvalue weighted by molar-refractivity contribution is 0.584. The maximum absolute atomic E-state index is 12.5. The fraction of sp³-hybridized carbons (Fsp3) is 0.111. The maximum atomic E-state index is 12.5. The zero-order chi connectivity index (χ0) is 10.7. The molecule has 0 spiro atoms. The zero-order valence-electron chi connectivity index (χ0n) is 7.58. The molecule has 0 aliphatic rings. The number of aromatic nitrogens is 2. The highest BCUT2D eigenvalue weighted by atomic mass is 35.5. The normalized spacial score (nSPS) is 10.3. The molecule has 0 aliphatic heterocycles. The number of hydrogen-bond donors (Lipinski definition) is 1. The van der Waals surface area contributed by atoms with Crippen LogP contribution in [0.3, 0.4) is 0 Å². The van der Waals surface area contributed by atoms with E-state index < -0.39 is 5.95 Å². The number of anilines is 1. The number of hydrogen-bond acceptors (Lipinski definition) is 4. The third-order valence-electron chi connectivity index (χ3n) is 1.70. The van der Waals surface area contributed by atoms with Gasteiger partial charge in [0, 0.05) is 0 Å². The maximum Gasteiger partial charge on any atom is 0.212 e. The summed E-state index contributed by atoms with van der Waals surface area (Å²) in [5, 5.41) is 3.94. The summed E-state index contributed by atoms with van der Waals surface area (Å²) in [4.78, 5) is 7.60. The largest absolute Gasteiger partial charge is 0.377 e. The highest BCUT2D eigenvalue weighted by Gasteiger charge is 2.00. The van der Waals surface area contributed by atoms with Crippen molar-refractivity contribution in [3.63, 3.8) is 0 Å². The van der Waals surface area contributed by atoms with Crippen LogP contribution in [0.4, 0.5) is 10.1 Å². The first-order chi connectivity index (χ1) is 7.24. The van der Waals surface area contributed by atoms with E-state index in [1.807, 2.05) is 0 Å². The number of nitrogens with one attached hydrogen (secondary N) is 1. The molecule has 0 fully saturated rings. The molecule has 0 unspecified atom stereocenters. The SMILES string of the molecule is Fc1ccc(NCc2ncc(Cl)s2)cn1. The van der Waals surface area contributed by atoms with Crippen molar-refractivity contribution >= 4 is 28.6 Å². The van der Waals surface area contributed by atoms with Gasteiger partial charge in [0.15, 0.2) is 0 Å². The highest BCUT2D eigenvalue weighted by molar-refractivity contribution is 7.15. The third kappa shape index (κ3) is 2.87. The van der Waals surface area contributed by atoms with Crippen LogP contribution in [0.5, 0.6) is 0 Å². The van der Waals surface area contributed by atoms with Crippen molar-refractivity contribution in [3.8, 4) is 0 Å². The molecule has 0 aliphatic carbocycles. The summed E-state index contributed by atoms with van der Waals surface area (Å²) in [6, 6.07) is 2.93. The summed E-state index contributed by atoms with van der Waals surface area (Å²) < 4.78 is 13.1. The van der Waals surface area contributed by atoms with E-state index in [1.54, 1.807) is 12.3 Å². The number of pyridine rings is 1. The zero-order valence-corrected chi connectivity index (χ0v) is 9.15. The van der Waals surface area contributed by atoms with Gasteiger partial charge in [0.05, 0.1) is 24.6 Å². The summed E-state index contributed by atoms with van der Waals surface area (Å²) in [6.45, 7) is 0.560. The Balaban J connectivity index is 1.96. The van der Waals surface area contributed by atoms with Gasteiger partial charge in [-0.15, -0.1) is 11.3 Å². The molecule has 2 rings (SSSR count). The van der Waals surface area contributed by atoms with Crippen LogP contribution in [0.15, 0.2) is 24.5 Å². The van der Waals surface area contributed by atoms with E-state index in [2.05, 4.69) is 15.3 Å². The van der Waals surface area contributed by atoms with E-state index in [0.717, 1.165) is 10.7 Å². The van der Waals surface area contributed by atoms with E-state index in [0.29, 0.717) is 10.9 Å². The van der Waals surface area contributed by atoms with Crippen molar-refractivity contribution < 1.29 is 4.39 Å². The van der Waals surface area contributed by atoms with Gasteiger partial charge in [-0.25, -0.2) is 9.97 Å². The first-order valence-electron chi connectivity index (χ1n) is 4.19. The molecule has 3 nitrogen and oxygen atoms in total. The van der Waals surface area contributed by atoms with Gasteiger partial charge in [0.1, 0.15) is 9.34 Å². The number of thiazole rings is 1. The van der Waals surface area contributed by atoms with Crippen LogP contribution in [0, 0.1) is 5.95 Å². The van der Waals surface area contributed by atoms with Crippen molar-refractivity contribution in [2.24, 2.45) is 0 Å². The van der Waals surface area contributed by atoms with Crippen LogP contribution >= 0.6 is 22.9 Å². The second kappa shape index (κ2) is 4.55. The molecule has 1 N–H and O–H groups in total. The quantitative estimate of drug-likeness (QED) is 0.843. The Morgan fingerprint density at radius 1 is 1.33 bits per heavy atom. The van der Waals surface area contributed by atoms with Crippen molar-refractivity contribution in [1.82, 2.24) is 9.97 Å². The molecule has 0 atom stereocenters. The predicted octanol–water partition coefficient (Wildman–Crippen LogP) is 2.94. The summed E-state index contributed by atoms with van der Waals surface area (Å²) in [5.74, 6) is -0.488. The van der Waals surface area contributed by atoms with Crippen LogP contribution in [0.1, 0.15) is 5.01 Å². The second-order valence-electron chi connectivity index (χ2n) is 2.78. The van der Waals surface area contributed by atoms with Gasteiger partial charge >= 0.3 is 0 Å². The van der Waals surface area contributed by atoms with Crippen molar-refractivity contribution in [2.75, 3.05) is 5.32 Å². The molecule has 2 aromatic rings. The first-order valence-corrected chi connectivity index (χ1v) is 5.39. The smallest absolute Gasteiger partial charge is 0.212 e. The van der Waals surface area contributed by atoms with E-state index in [9.17, 15) is 4.39 Å². The Labute approximate surface area is 95.0 Å². The molecule has 0 amide bonds. The van der Waals surface area contributed by atoms with Crippen LogP contribution in [-0.4, -0.2) is 9.97 Å². The molecular formula is C9H7ClFN3S. The van der Waals surface area contributed by atoms with Gasteiger partial charge in [-0.05, 0) is 12.1 Å². The Hall–Kier alpha value is -1.20. The predicted molar refractivity (Wildman–Crippen MR) is 58.6 cm³/mol. The third-order valence-corrected chi connectivity index (χ3v) is 2.81. The molecular weight excluding hydrogens is 237 g/mol. The average molecular weight is 244 g/mol. The number of nitrogens with zero attached hydrogens (tertiary/aromatic N) is 2. The topological polar surface area (TPSA) is 37.8 Å². The Morgan fingerprint density at radius 3 is 2.80 bits per heavy atom. The van der Waals surface area contributed by atoms with Gasteiger partial charge in [0.25, 0.3) is 0 Å². The van der Waals surface area contributed by atoms with Crippen molar-refractivity contribution in [1.29, 1.82) is 0 Å². The molecule has 78 valence electrons. The van der Waals surface area contributed by atoms with E-state index in [1.165, 1.54) is 23.6 Å². The lowest BCUT2D eigenvalue weighted by Crippen LogP contribution is -1.99. The van der Waals surface area contributed by atoms with Crippen LogP contribution in [0.2, 0.25) is 4.34 Å². The fourth-order valence-corrected chi connectivity index (χ4v) is 1.92. The summed E-state index contributed by atoms with van der Waals surface area (Å²) in [6.07, 6.45) is 3.04. The van der Waals surface area contributed by atoms with Crippen molar-refractivity contribution in [3.05, 3.63) is 39.8 Å². The van der Waals surface area contributed by atoms with Gasteiger partial charge < -0.3 is 5.32 Å². The summed E-state index contributed by atoms with van der Waals surface area (Å²) in [5.41, 5.74) is 0.753. The van der Waals surface area contributed by atoms with Crippen LogP contribution in [-0.2, 0) is 6.54 Å². The van der Waals surface area contributed by atoms with E-state index >= 15 is 0 Å². The Kier molecular flexibility index (Phi) is 3.13. The minimum atomic E-state index is -0.488. The van der Waals surface area contributed by atoms with Gasteiger partial charge in [-0.1, -0.05) is 11.6 Å². The Bertz CT molecular complexity index is 443. The minimum absolute atomic E-state index is 0.488. The van der Waals surface area contributed by atoms with Crippen LogP contribution < -0.4 is 5.32 Å². The first kappa shape index (κ1) is 10.3. The minimum Gasteiger partial charge on any atom is -0.377 e. The highest BCUT2D eigenvalue weighted by Crippen LogP contribution is 2.19. The van der Waals surface area contributed by atoms with Gasteiger partial charge in [-0.3, -0.25) is 0 Å². The summed E-state index contributed by atoms with van der Waals surface area (Å²) >= 11 is 7.14. The molecule has 0 saturated carbocycles. The molecule has 2 aromatic heterocycles. The average Bonchev–Trinajstić information content (AvgIpc) is 2.64. The molecule has 15 heavy (non-hydrogen) atoms. The second-order valence-corrected chi connectivity index (χ2v) is 4.53. The van der Waals surface area contributed by atoms with Gasteiger partial charge in [0.2, 0.25) is 5.95 Å².